The predicted molar refractivity (Wildman–Crippen MR) is 137 cm³/mol. The minimum Gasteiger partial charge on any atom is -0.492 e. The molecule has 1 atom stereocenters. The number of rotatable bonds is 6. The number of nitrogens with zero attached hydrogens (tertiary/aromatic N) is 3. The van der Waals surface area contributed by atoms with Crippen molar-refractivity contribution in [2.75, 3.05) is 58.4 Å². The number of morpholine rings is 1. The monoisotopic (exact) mass is 503 g/mol. The van der Waals surface area contributed by atoms with Gasteiger partial charge in [0, 0.05) is 56.3 Å². The third-order valence-corrected chi connectivity index (χ3v) is 6.57. The van der Waals surface area contributed by atoms with Crippen LogP contribution in [0.1, 0.15) is 22.5 Å². The lowest BCUT2D eigenvalue weighted by atomic mass is 10.0. The van der Waals surface area contributed by atoms with Crippen molar-refractivity contribution in [3.63, 3.8) is 0 Å². The van der Waals surface area contributed by atoms with Crippen molar-refractivity contribution in [3.05, 3.63) is 53.7 Å². The number of hydrogen-bond donors (Lipinski definition) is 3. The van der Waals surface area contributed by atoms with Crippen LogP contribution < -0.4 is 10.1 Å². The molecule has 37 heavy (non-hydrogen) atoms. The van der Waals surface area contributed by atoms with Gasteiger partial charge in [0.15, 0.2) is 5.69 Å². The normalized spacial score (nSPS) is 20.1. The zero-order valence-corrected chi connectivity index (χ0v) is 20.6. The SMILES string of the molecule is CN1CC[C@@](O)(C#Cc2cccc(NC(=O)c3n[nH]c4ccc(OCCN5CCOCC5)cc34)c2)C1=O. The molecule has 0 spiro atoms. The van der Waals surface area contributed by atoms with E-state index in [-0.39, 0.29) is 18.0 Å². The summed E-state index contributed by atoms with van der Waals surface area (Å²) in [6.45, 7) is 5.09. The summed E-state index contributed by atoms with van der Waals surface area (Å²) in [6, 6.07) is 12.4. The smallest absolute Gasteiger partial charge is 0.276 e. The molecule has 10 heteroatoms. The van der Waals surface area contributed by atoms with Gasteiger partial charge in [0.2, 0.25) is 5.60 Å². The Morgan fingerprint density at radius 2 is 2.08 bits per heavy atom. The number of aliphatic hydroxyl groups is 1. The first-order valence-electron chi connectivity index (χ1n) is 12.2. The topological polar surface area (TPSA) is 120 Å². The number of carbonyl (C=O) groups excluding carboxylic acids is 2. The first-order chi connectivity index (χ1) is 17.9. The summed E-state index contributed by atoms with van der Waals surface area (Å²) in [5, 5.41) is 21.1. The van der Waals surface area contributed by atoms with Crippen molar-refractivity contribution in [1.29, 1.82) is 0 Å². The minimum absolute atomic E-state index is 0.249. The number of aromatic amines is 1. The zero-order valence-electron chi connectivity index (χ0n) is 20.6. The van der Waals surface area contributed by atoms with E-state index >= 15 is 0 Å². The van der Waals surface area contributed by atoms with E-state index in [1.165, 1.54) is 4.90 Å². The number of likely N-dealkylation sites (N-methyl/N-ethyl adjacent to an activating group) is 1. The molecule has 0 unspecified atom stereocenters. The quantitative estimate of drug-likeness (QED) is 0.436. The fraction of sp³-hybridized carbons (Fsp3) is 0.370. The lowest BCUT2D eigenvalue weighted by Gasteiger charge is -2.26. The van der Waals surface area contributed by atoms with Crippen molar-refractivity contribution in [1.82, 2.24) is 20.0 Å². The van der Waals surface area contributed by atoms with E-state index in [1.54, 1.807) is 31.3 Å². The summed E-state index contributed by atoms with van der Waals surface area (Å²) >= 11 is 0. The highest BCUT2D eigenvalue weighted by Crippen LogP contribution is 2.24. The molecule has 0 radical (unpaired) electrons. The fourth-order valence-electron chi connectivity index (χ4n) is 4.38. The van der Waals surface area contributed by atoms with Gasteiger partial charge in [-0.1, -0.05) is 17.9 Å². The number of hydrogen-bond acceptors (Lipinski definition) is 7. The van der Waals surface area contributed by atoms with Crippen LogP contribution in [0.3, 0.4) is 0 Å². The largest absolute Gasteiger partial charge is 0.492 e. The van der Waals surface area contributed by atoms with E-state index < -0.39 is 11.5 Å². The van der Waals surface area contributed by atoms with E-state index in [9.17, 15) is 14.7 Å². The summed E-state index contributed by atoms with van der Waals surface area (Å²) in [5.74, 6) is 5.43. The van der Waals surface area contributed by atoms with Crippen LogP contribution in [-0.4, -0.2) is 95.6 Å². The van der Waals surface area contributed by atoms with Crippen LogP contribution in [0, 0.1) is 11.8 Å². The van der Waals surface area contributed by atoms with Crippen molar-refractivity contribution >= 4 is 28.4 Å². The molecule has 0 aliphatic carbocycles. The number of aromatic nitrogens is 2. The van der Waals surface area contributed by atoms with Gasteiger partial charge in [-0.15, -0.1) is 0 Å². The molecule has 2 amide bonds. The van der Waals surface area contributed by atoms with Crippen LogP contribution in [0.25, 0.3) is 10.9 Å². The molecule has 0 saturated carbocycles. The first-order valence-corrected chi connectivity index (χ1v) is 12.2. The first kappa shape index (κ1) is 24.8. The Bertz CT molecular complexity index is 1370. The summed E-state index contributed by atoms with van der Waals surface area (Å²) in [6.07, 6.45) is 0.261. The molecule has 1 aromatic heterocycles. The number of H-pyrrole nitrogens is 1. The third kappa shape index (κ3) is 5.59. The van der Waals surface area contributed by atoms with Crippen molar-refractivity contribution in [3.8, 4) is 17.6 Å². The molecule has 2 aliphatic heterocycles. The van der Waals surface area contributed by atoms with Gasteiger partial charge >= 0.3 is 0 Å². The van der Waals surface area contributed by atoms with E-state index in [4.69, 9.17) is 9.47 Å². The van der Waals surface area contributed by atoms with Gasteiger partial charge in [-0.3, -0.25) is 19.6 Å². The summed E-state index contributed by atoms with van der Waals surface area (Å²) in [4.78, 5) is 28.9. The lowest BCUT2D eigenvalue weighted by molar-refractivity contribution is -0.137. The standard InChI is InChI=1S/C27H29N5O5/c1-31-10-9-27(35,26(31)34)8-7-19-3-2-4-20(17-19)28-25(33)24-22-18-21(5-6-23(22)29-30-24)37-16-13-32-11-14-36-15-12-32/h2-6,17-18,35H,9-16H2,1H3,(H,28,33)(H,29,30)/t27-/m0/s1. The number of anilines is 1. The van der Waals surface area contributed by atoms with Gasteiger partial charge in [-0.25, -0.2) is 0 Å². The van der Waals surface area contributed by atoms with Gasteiger partial charge in [0.05, 0.1) is 18.7 Å². The van der Waals surface area contributed by atoms with Crippen LogP contribution >= 0.6 is 0 Å². The molecule has 3 heterocycles. The number of nitrogens with one attached hydrogen (secondary N) is 2. The summed E-state index contributed by atoms with van der Waals surface area (Å²) < 4.78 is 11.3. The summed E-state index contributed by atoms with van der Waals surface area (Å²) in [7, 11) is 1.64. The van der Waals surface area contributed by atoms with Gasteiger partial charge in [-0.05, 0) is 36.4 Å². The highest BCUT2D eigenvalue weighted by molar-refractivity contribution is 6.11. The number of carbonyl (C=O) groups is 2. The fourth-order valence-corrected chi connectivity index (χ4v) is 4.38. The molecule has 0 bridgehead atoms. The predicted octanol–water partition coefficient (Wildman–Crippen LogP) is 1.47. The number of ether oxygens (including phenoxy) is 2. The highest BCUT2D eigenvalue weighted by Gasteiger charge is 2.42. The van der Waals surface area contributed by atoms with Crippen LogP contribution in [0.5, 0.6) is 5.75 Å². The molecule has 3 aromatic rings. The molecule has 2 aromatic carbocycles. The molecule has 5 rings (SSSR count). The molecule has 192 valence electrons. The maximum atomic E-state index is 13.1. The number of fused-ring (bicyclic) bond motifs is 1. The minimum atomic E-state index is -1.68. The Morgan fingerprint density at radius 1 is 1.24 bits per heavy atom. The number of amides is 2. The molecule has 2 saturated heterocycles. The molecular weight excluding hydrogens is 474 g/mol. The maximum absolute atomic E-state index is 13.1. The van der Waals surface area contributed by atoms with Gasteiger partial charge in [0.25, 0.3) is 11.8 Å². The zero-order chi connectivity index (χ0) is 25.8. The number of likely N-dealkylation sites (tertiary alicyclic amines) is 1. The second-order valence-corrected chi connectivity index (χ2v) is 9.20. The molecule has 3 N–H and O–H groups in total. The van der Waals surface area contributed by atoms with E-state index in [2.05, 4.69) is 32.3 Å². The Hall–Kier alpha value is -3.91. The number of benzene rings is 2. The third-order valence-electron chi connectivity index (χ3n) is 6.57. The Labute approximate surface area is 214 Å². The van der Waals surface area contributed by atoms with Crippen molar-refractivity contribution in [2.24, 2.45) is 0 Å². The van der Waals surface area contributed by atoms with Crippen LogP contribution in [-0.2, 0) is 9.53 Å². The highest BCUT2D eigenvalue weighted by atomic mass is 16.5. The summed E-state index contributed by atoms with van der Waals surface area (Å²) in [5.41, 5.74) is 0.386. The van der Waals surface area contributed by atoms with E-state index in [1.807, 2.05) is 18.2 Å². The van der Waals surface area contributed by atoms with Crippen LogP contribution in [0.4, 0.5) is 5.69 Å². The second-order valence-electron chi connectivity index (χ2n) is 9.20. The Balaban J connectivity index is 1.25. The van der Waals surface area contributed by atoms with Gasteiger partial charge < -0.3 is 24.8 Å². The van der Waals surface area contributed by atoms with Crippen LogP contribution in [0.2, 0.25) is 0 Å². The molecule has 2 aliphatic rings. The Kier molecular flexibility index (Phi) is 7.10. The van der Waals surface area contributed by atoms with Crippen LogP contribution in [0.15, 0.2) is 42.5 Å². The molecule has 2 fully saturated rings. The molecular formula is C27H29N5O5. The van der Waals surface area contributed by atoms with Gasteiger partial charge in [0.1, 0.15) is 12.4 Å². The van der Waals surface area contributed by atoms with Crippen molar-refractivity contribution < 1.29 is 24.2 Å². The van der Waals surface area contributed by atoms with Gasteiger partial charge in [-0.2, -0.15) is 5.10 Å². The second kappa shape index (κ2) is 10.6. The molecule has 10 nitrogen and oxygen atoms in total. The van der Waals surface area contributed by atoms with Crippen molar-refractivity contribution in [2.45, 2.75) is 12.0 Å². The van der Waals surface area contributed by atoms with E-state index in [0.29, 0.717) is 35.5 Å². The lowest BCUT2D eigenvalue weighted by Crippen LogP contribution is -2.38. The maximum Gasteiger partial charge on any atom is 0.276 e. The average Bonchev–Trinajstić information content (AvgIpc) is 3.45. The Morgan fingerprint density at radius 3 is 2.86 bits per heavy atom. The average molecular weight is 504 g/mol. The van der Waals surface area contributed by atoms with E-state index in [0.717, 1.165) is 38.4 Å².